The predicted octanol–water partition coefficient (Wildman–Crippen LogP) is 3.69. The Balaban J connectivity index is 1.73. The van der Waals surface area contributed by atoms with Gasteiger partial charge in [-0.05, 0) is 50.1 Å². The number of ether oxygens (including phenoxy) is 1. The van der Waals surface area contributed by atoms with Crippen molar-refractivity contribution in [2.24, 2.45) is 5.92 Å². The third kappa shape index (κ3) is 2.87. The molecule has 0 saturated carbocycles. The molecule has 2 aliphatic rings. The highest BCUT2D eigenvalue weighted by atomic mass is 16.5. The number of benzene rings is 2. The Hall–Kier alpha value is -2.82. The van der Waals surface area contributed by atoms with E-state index in [4.69, 9.17) is 4.74 Å². The number of para-hydroxylation sites is 1. The Morgan fingerprint density at radius 1 is 1.26 bits per heavy atom. The Labute approximate surface area is 159 Å². The Morgan fingerprint density at radius 2 is 2.04 bits per heavy atom. The Morgan fingerprint density at radius 3 is 2.78 bits per heavy atom. The maximum Gasteiger partial charge on any atom is 0.238 e. The van der Waals surface area contributed by atoms with E-state index in [0.717, 1.165) is 16.9 Å². The summed E-state index contributed by atoms with van der Waals surface area (Å²) in [6, 6.07) is 15.3. The van der Waals surface area contributed by atoms with Gasteiger partial charge in [0.1, 0.15) is 11.7 Å². The lowest BCUT2D eigenvalue weighted by Crippen LogP contribution is -2.64. The summed E-state index contributed by atoms with van der Waals surface area (Å²) in [4.78, 5) is 28.1. The zero-order valence-electron chi connectivity index (χ0n) is 15.9. The summed E-state index contributed by atoms with van der Waals surface area (Å²) < 4.78 is 6.20. The molecule has 2 aromatic rings. The van der Waals surface area contributed by atoms with Crippen molar-refractivity contribution in [1.29, 1.82) is 0 Å². The molecule has 0 aliphatic carbocycles. The number of rotatable bonds is 3. The third-order valence-electron chi connectivity index (χ3n) is 5.64. The summed E-state index contributed by atoms with van der Waals surface area (Å²) in [5.74, 6) is -0.622. The number of likely N-dealkylation sites (tertiary alicyclic amines) is 1. The van der Waals surface area contributed by atoms with Crippen LogP contribution in [-0.2, 0) is 9.59 Å². The van der Waals surface area contributed by atoms with Crippen LogP contribution in [0.2, 0.25) is 0 Å². The van der Waals surface area contributed by atoms with Crippen molar-refractivity contribution < 1.29 is 14.3 Å². The number of aryl methyl sites for hydroxylation is 1. The van der Waals surface area contributed by atoms with Gasteiger partial charge in [0, 0.05) is 24.6 Å². The molecule has 1 fully saturated rings. The summed E-state index contributed by atoms with van der Waals surface area (Å²) in [5.41, 5.74) is 1.99. The van der Waals surface area contributed by atoms with Crippen LogP contribution >= 0.6 is 0 Å². The molecule has 4 rings (SSSR count). The van der Waals surface area contributed by atoms with Crippen molar-refractivity contribution in [2.45, 2.75) is 38.8 Å². The van der Waals surface area contributed by atoms with Crippen molar-refractivity contribution in [3.05, 3.63) is 59.7 Å². The maximum absolute atomic E-state index is 13.3. The van der Waals surface area contributed by atoms with Gasteiger partial charge in [0.2, 0.25) is 11.8 Å². The molecular formula is C22H24N2O3. The number of piperidine rings is 1. The van der Waals surface area contributed by atoms with E-state index in [1.165, 1.54) is 0 Å². The summed E-state index contributed by atoms with van der Waals surface area (Å²) in [6.45, 7) is 6.33. The minimum Gasteiger partial charge on any atom is -0.468 e. The lowest BCUT2D eigenvalue weighted by Gasteiger charge is -2.52. The van der Waals surface area contributed by atoms with Crippen LogP contribution in [0, 0.1) is 12.8 Å². The molecule has 140 valence electrons. The van der Waals surface area contributed by atoms with E-state index in [1.807, 2.05) is 69.3 Å². The first-order valence-electron chi connectivity index (χ1n) is 9.40. The fraction of sp³-hybridized carbons (Fsp3) is 0.364. The van der Waals surface area contributed by atoms with E-state index < -0.39 is 11.6 Å². The second-order valence-electron chi connectivity index (χ2n) is 7.54. The molecule has 2 bridgehead atoms. The average Bonchev–Trinajstić information content (AvgIpc) is 2.61. The van der Waals surface area contributed by atoms with E-state index in [1.54, 1.807) is 4.90 Å². The molecule has 2 aliphatic heterocycles. The molecule has 0 unspecified atom stereocenters. The molecule has 1 saturated heterocycles. The van der Waals surface area contributed by atoms with Crippen LogP contribution in [-0.4, -0.2) is 29.0 Å². The second-order valence-corrected chi connectivity index (χ2v) is 7.54. The smallest absolute Gasteiger partial charge is 0.238 e. The largest absolute Gasteiger partial charge is 0.468 e. The van der Waals surface area contributed by atoms with Gasteiger partial charge in [-0.15, -0.1) is 0 Å². The van der Waals surface area contributed by atoms with Crippen LogP contribution in [0.15, 0.2) is 48.5 Å². The molecule has 5 nitrogen and oxygen atoms in total. The quantitative estimate of drug-likeness (QED) is 0.845. The normalized spacial score (nSPS) is 26.2. The topological polar surface area (TPSA) is 58.6 Å². The van der Waals surface area contributed by atoms with Gasteiger partial charge < -0.3 is 15.0 Å². The molecule has 27 heavy (non-hydrogen) atoms. The zero-order valence-corrected chi connectivity index (χ0v) is 15.9. The highest BCUT2D eigenvalue weighted by Crippen LogP contribution is 2.50. The van der Waals surface area contributed by atoms with Gasteiger partial charge in [-0.3, -0.25) is 9.59 Å². The van der Waals surface area contributed by atoms with Crippen LogP contribution in [0.1, 0.15) is 37.3 Å². The molecule has 2 aromatic carbocycles. The number of anilines is 1. The van der Waals surface area contributed by atoms with Crippen LogP contribution in [0.5, 0.6) is 5.75 Å². The number of hydrogen-bond donors (Lipinski definition) is 1. The fourth-order valence-electron chi connectivity index (χ4n) is 4.44. The third-order valence-corrected chi connectivity index (χ3v) is 5.64. The first-order chi connectivity index (χ1) is 12.9. The van der Waals surface area contributed by atoms with E-state index in [-0.39, 0.29) is 17.7 Å². The predicted molar refractivity (Wildman–Crippen MR) is 104 cm³/mol. The van der Waals surface area contributed by atoms with Crippen molar-refractivity contribution >= 4 is 17.5 Å². The van der Waals surface area contributed by atoms with Crippen molar-refractivity contribution in [3.63, 3.8) is 0 Å². The van der Waals surface area contributed by atoms with Crippen molar-refractivity contribution in [3.8, 4) is 5.75 Å². The Kier molecular flexibility index (Phi) is 4.17. The van der Waals surface area contributed by atoms with Crippen LogP contribution in [0.25, 0.3) is 0 Å². The van der Waals surface area contributed by atoms with Crippen LogP contribution in [0.4, 0.5) is 5.69 Å². The molecule has 2 amide bonds. The van der Waals surface area contributed by atoms with E-state index in [0.29, 0.717) is 18.7 Å². The van der Waals surface area contributed by atoms with E-state index >= 15 is 0 Å². The summed E-state index contributed by atoms with van der Waals surface area (Å²) >= 11 is 0. The van der Waals surface area contributed by atoms with Gasteiger partial charge in [0.05, 0.1) is 0 Å². The van der Waals surface area contributed by atoms with Crippen molar-refractivity contribution in [1.82, 2.24) is 4.90 Å². The number of fused-ring (bicyclic) bond motifs is 4. The van der Waals surface area contributed by atoms with E-state index in [2.05, 4.69) is 5.32 Å². The van der Waals surface area contributed by atoms with Crippen molar-refractivity contribution in [2.75, 3.05) is 11.9 Å². The molecule has 2 heterocycles. The highest BCUT2D eigenvalue weighted by Gasteiger charge is 2.55. The minimum atomic E-state index is -0.761. The van der Waals surface area contributed by atoms with Gasteiger partial charge in [-0.2, -0.15) is 0 Å². The van der Waals surface area contributed by atoms with Crippen LogP contribution in [0.3, 0.4) is 0 Å². The number of carbonyl (C=O) groups is 2. The lowest BCUT2D eigenvalue weighted by atomic mass is 9.73. The van der Waals surface area contributed by atoms with Crippen LogP contribution < -0.4 is 10.1 Å². The van der Waals surface area contributed by atoms with Gasteiger partial charge in [0.25, 0.3) is 0 Å². The molecular weight excluding hydrogens is 340 g/mol. The van der Waals surface area contributed by atoms with Gasteiger partial charge >= 0.3 is 0 Å². The van der Waals surface area contributed by atoms with Gasteiger partial charge in [0.15, 0.2) is 5.72 Å². The lowest BCUT2D eigenvalue weighted by molar-refractivity contribution is -0.174. The Bertz CT molecular complexity index is 910. The average molecular weight is 364 g/mol. The number of nitrogens with one attached hydrogen (secondary N) is 1. The first kappa shape index (κ1) is 17.6. The summed E-state index contributed by atoms with van der Waals surface area (Å²) in [5, 5.41) is 2.95. The first-order valence-corrected chi connectivity index (χ1v) is 9.40. The summed E-state index contributed by atoms with van der Waals surface area (Å²) in [6.07, 6.45) is 0.607. The number of carbonyl (C=O) groups excluding carboxylic acids is 2. The monoisotopic (exact) mass is 364 g/mol. The second kappa shape index (κ2) is 6.41. The van der Waals surface area contributed by atoms with Gasteiger partial charge in [-0.25, -0.2) is 0 Å². The number of hydrogen-bond acceptors (Lipinski definition) is 3. The minimum absolute atomic E-state index is 0.170. The molecule has 3 atom stereocenters. The molecule has 0 aromatic heterocycles. The van der Waals surface area contributed by atoms with Gasteiger partial charge in [-0.1, -0.05) is 30.3 Å². The fourth-order valence-corrected chi connectivity index (χ4v) is 4.44. The van der Waals surface area contributed by atoms with E-state index in [9.17, 15) is 9.59 Å². The number of amides is 2. The summed E-state index contributed by atoms with van der Waals surface area (Å²) in [7, 11) is 0. The molecule has 5 heteroatoms. The zero-order chi connectivity index (χ0) is 19.2. The maximum atomic E-state index is 13.3. The molecule has 0 radical (unpaired) electrons. The number of nitrogens with zero attached hydrogens (tertiary/aromatic N) is 1. The SMILES string of the molecule is CCN1C(=O)[C@@H](C(=O)Nc2cccc(C)c2)[C@H]2C[C@@]1(C)Oc1ccccc12. The standard InChI is InChI=1S/C22H24N2O3/c1-4-24-21(26)19(20(25)23-15-9-7-8-14(2)12-15)17-13-22(24,3)27-18-11-6-5-10-16(17)18/h5-12,17,19H,4,13H2,1-3H3,(H,23,25)/t17-,19+,22+/m0/s1. The molecule has 0 spiro atoms. The highest BCUT2D eigenvalue weighted by molar-refractivity contribution is 6.08. The molecule has 1 N–H and O–H groups in total.